The number of anilines is 3. The van der Waals surface area contributed by atoms with Gasteiger partial charge in [-0.25, -0.2) is 19.3 Å². The van der Waals surface area contributed by atoms with Crippen molar-refractivity contribution in [2.45, 2.75) is 0 Å². The molecule has 1 saturated heterocycles. The van der Waals surface area contributed by atoms with Crippen molar-refractivity contribution in [3.8, 4) is 0 Å². The maximum absolute atomic E-state index is 13.9. The molecule has 9 heteroatoms. The van der Waals surface area contributed by atoms with Gasteiger partial charge in [-0.2, -0.15) is 0 Å². The lowest BCUT2D eigenvalue weighted by molar-refractivity contribution is 0.0741. The van der Waals surface area contributed by atoms with Crippen molar-refractivity contribution in [3.05, 3.63) is 59.6 Å². The molecule has 27 heavy (non-hydrogen) atoms. The van der Waals surface area contributed by atoms with Crippen LogP contribution in [0.1, 0.15) is 10.5 Å². The van der Waals surface area contributed by atoms with Crippen LogP contribution in [0.15, 0.2) is 48.1 Å². The highest BCUT2D eigenvalue weighted by atomic mass is 32.1. The van der Waals surface area contributed by atoms with Crippen LogP contribution in [0.4, 0.5) is 21.2 Å². The van der Waals surface area contributed by atoms with E-state index in [1.807, 2.05) is 11.0 Å². The summed E-state index contributed by atoms with van der Waals surface area (Å²) < 4.78 is 13.9. The Balaban J connectivity index is 1.38. The summed E-state index contributed by atoms with van der Waals surface area (Å²) in [5.41, 5.74) is 0.963. The molecule has 138 valence electrons. The van der Waals surface area contributed by atoms with E-state index in [0.29, 0.717) is 48.6 Å². The van der Waals surface area contributed by atoms with Gasteiger partial charge < -0.3 is 15.1 Å². The van der Waals surface area contributed by atoms with Crippen molar-refractivity contribution in [3.63, 3.8) is 0 Å². The van der Waals surface area contributed by atoms with E-state index < -0.39 is 0 Å². The summed E-state index contributed by atoms with van der Waals surface area (Å²) in [4.78, 5) is 28.9. The molecule has 1 fully saturated rings. The van der Waals surface area contributed by atoms with Crippen molar-refractivity contribution < 1.29 is 9.18 Å². The number of para-hydroxylation sites is 1. The van der Waals surface area contributed by atoms with E-state index in [-0.39, 0.29) is 11.7 Å². The van der Waals surface area contributed by atoms with E-state index in [1.54, 1.807) is 40.9 Å². The fraction of sp³-hybridized carbons (Fsp3) is 0.222. The van der Waals surface area contributed by atoms with Crippen LogP contribution < -0.4 is 10.2 Å². The quantitative estimate of drug-likeness (QED) is 0.746. The zero-order chi connectivity index (χ0) is 18.6. The molecule has 4 rings (SSSR count). The van der Waals surface area contributed by atoms with E-state index in [9.17, 15) is 9.18 Å². The van der Waals surface area contributed by atoms with Gasteiger partial charge in [0.05, 0.1) is 5.69 Å². The van der Waals surface area contributed by atoms with Crippen molar-refractivity contribution >= 4 is 34.0 Å². The summed E-state index contributed by atoms with van der Waals surface area (Å²) in [6.07, 6.45) is 3.26. The number of carbonyl (C=O) groups is 1. The normalized spacial score (nSPS) is 14.3. The number of halogens is 1. The summed E-state index contributed by atoms with van der Waals surface area (Å²) in [5.74, 6) is 0.0708. The van der Waals surface area contributed by atoms with Gasteiger partial charge in [0.25, 0.3) is 5.91 Å². The molecule has 0 atom stereocenters. The molecule has 1 aliphatic rings. The summed E-state index contributed by atoms with van der Waals surface area (Å²) in [7, 11) is 0. The van der Waals surface area contributed by atoms with Crippen LogP contribution in [0.5, 0.6) is 0 Å². The van der Waals surface area contributed by atoms with Crippen molar-refractivity contribution in [2.24, 2.45) is 0 Å². The second-order valence-corrected chi connectivity index (χ2v) is 6.82. The highest BCUT2D eigenvalue weighted by molar-refractivity contribution is 7.14. The lowest BCUT2D eigenvalue weighted by atomic mass is 10.2. The molecule has 0 spiro atoms. The first-order chi connectivity index (χ1) is 13.2. The third-order valence-corrected chi connectivity index (χ3v) is 5.03. The number of nitrogens with zero attached hydrogens (tertiary/aromatic N) is 5. The largest absolute Gasteiger partial charge is 0.366 e. The van der Waals surface area contributed by atoms with Gasteiger partial charge in [-0.3, -0.25) is 4.79 Å². The number of thiazole rings is 1. The van der Waals surface area contributed by atoms with Gasteiger partial charge in [-0.1, -0.05) is 12.1 Å². The van der Waals surface area contributed by atoms with Crippen LogP contribution in [0.3, 0.4) is 0 Å². The van der Waals surface area contributed by atoms with Crippen LogP contribution in [-0.4, -0.2) is 51.9 Å². The minimum absolute atomic E-state index is 0.124. The van der Waals surface area contributed by atoms with Crippen LogP contribution in [0, 0.1) is 5.82 Å². The average molecular weight is 384 g/mol. The van der Waals surface area contributed by atoms with E-state index in [2.05, 4.69) is 20.3 Å². The highest BCUT2D eigenvalue weighted by Gasteiger charge is 2.25. The Morgan fingerprint density at radius 3 is 2.56 bits per heavy atom. The molecule has 3 aromatic rings. The molecule has 1 amide bonds. The van der Waals surface area contributed by atoms with E-state index in [0.717, 1.165) is 0 Å². The summed E-state index contributed by atoms with van der Waals surface area (Å²) >= 11 is 1.33. The molecule has 7 nitrogen and oxygen atoms in total. The molecular formula is C18H17FN6OS. The Kier molecular flexibility index (Phi) is 4.93. The Hall–Kier alpha value is -3.07. The van der Waals surface area contributed by atoms with Crippen molar-refractivity contribution in [1.29, 1.82) is 0 Å². The Morgan fingerprint density at radius 1 is 1.07 bits per heavy atom. The second kappa shape index (κ2) is 7.67. The van der Waals surface area contributed by atoms with Crippen molar-refractivity contribution in [1.82, 2.24) is 19.9 Å². The summed E-state index contributed by atoms with van der Waals surface area (Å²) in [6.45, 7) is 2.21. The van der Waals surface area contributed by atoms with E-state index in [4.69, 9.17) is 0 Å². The second-order valence-electron chi connectivity index (χ2n) is 5.97. The minimum atomic E-state index is -0.240. The number of carbonyl (C=O) groups excluding carboxylic acids is 1. The Labute approximate surface area is 159 Å². The molecule has 1 aromatic carbocycles. The number of rotatable bonds is 4. The number of amides is 1. The maximum Gasteiger partial charge on any atom is 0.273 e. The van der Waals surface area contributed by atoms with Gasteiger partial charge in [0, 0.05) is 44.0 Å². The molecule has 0 bridgehead atoms. The SMILES string of the molecule is O=C(c1csc(Nc2ncccn2)n1)N1CCN(c2ccccc2F)CC1. The molecule has 3 heterocycles. The van der Waals surface area contributed by atoms with Gasteiger partial charge in [-0.05, 0) is 18.2 Å². The first kappa shape index (κ1) is 17.3. The van der Waals surface area contributed by atoms with Crippen LogP contribution in [0.2, 0.25) is 0 Å². The first-order valence-electron chi connectivity index (χ1n) is 8.49. The zero-order valence-electron chi connectivity index (χ0n) is 14.4. The van der Waals surface area contributed by atoms with Gasteiger partial charge in [0.15, 0.2) is 5.13 Å². The fourth-order valence-corrected chi connectivity index (χ4v) is 3.59. The molecule has 0 aliphatic carbocycles. The van der Waals surface area contributed by atoms with Crippen molar-refractivity contribution in [2.75, 3.05) is 36.4 Å². The summed E-state index contributed by atoms with van der Waals surface area (Å²) in [6, 6.07) is 8.43. The lowest BCUT2D eigenvalue weighted by Crippen LogP contribution is -2.49. The number of hydrogen-bond acceptors (Lipinski definition) is 7. The van der Waals surface area contributed by atoms with Crippen LogP contribution >= 0.6 is 11.3 Å². The standard InChI is InChI=1S/C18H17FN6OS/c19-13-4-1-2-5-15(13)24-8-10-25(11-9-24)16(26)14-12-27-18(22-14)23-17-20-6-3-7-21-17/h1-7,12H,8-11H2,(H,20,21,22,23). The lowest BCUT2D eigenvalue weighted by Gasteiger charge is -2.35. The molecule has 0 unspecified atom stereocenters. The molecular weight excluding hydrogens is 367 g/mol. The Bertz CT molecular complexity index is 926. The van der Waals surface area contributed by atoms with Crippen LogP contribution in [-0.2, 0) is 0 Å². The third-order valence-electron chi connectivity index (χ3n) is 4.27. The molecule has 2 aromatic heterocycles. The minimum Gasteiger partial charge on any atom is -0.366 e. The number of nitrogens with one attached hydrogen (secondary N) is 1. The van der Waals surface area contributed by atoms with E-state index in [1.165, 1.54) is 17.4 Å². The molecule has 0 saturated carbocycles. The predicted molar refractivity (Wildman–Crippen MR) is 102 cm³/mol. The predicted octanol–water partition coefficient (Wildman–Crippen LogP) is 2.78. The smallest absolute Gasteiger partial charge is 0.273 e. The molecule has 1 N–H and O–H groups in total. The molecule has 0 radical (unpaired) electrons. The Morgan fingerprint density at radius 2 is 1.81 bits per heavy atom. The van der Waals surface area contributed by atoms with Gasteiger partial charge in [-0.15, -0.1) is 11.3 Å². The van der Waals surface area contributed by atoms with E-state index >= 15 is 0 Å². The highest BCUT2D eigenvalue weighted by Crippen LogP contribution is 2.22. The van der Waals surface area contributed by atoms with Gasteiger partial charge in [0.2, 0.25) is 5.95 Å². The fourth-order valence-electron chi connectivity index (χ4n) is 2.91. The monoisotopic (exact) mass is 384 g/mol. The average Bonchev–Trinajstić information content (AvgIpc) is 3.17. The topological polar surface area (TPSA) is 74.2 Å². The summed E-state index contributed by atoms with van der Waals surface area (Å²) in [5, 5.41) is 5.26. The van der Waals surface area contributed by atoms with Gasteiger partial charge >= 0.3 is 0 Å². The maximum atomic E-state index is 13.9. The third kappa shape index (κ3) is 3.87. The number of aromatic nitrogens is 3. The van der Waals surface area contributed by atoms with Crippen LogP contribution in [0.25, 0.3) is 0 Å². The van der Waals surface area contributed by atoms with Gasteiger partial charge in [0.1, 0.15) is 11.5 Å². The number of piperazine rings is 1. The number of hydrogen-bond donors (Lipinski definition) is 1. The molecule has 1 aliphatic heterocycles. The first-order valence-corrected chi connectivity index (χ1v) is 9.37. The zero-order valence-corrected chi connectivity index (χ0v) is 15.2. The number of benzene rings is 1.